The summed E-state index contributed by atoms with van der Waals surface area (Å²) in [4.78, 5) is 64.9. The normalized spacial score (nSPS) is 16.5. The Morgan fingerprint density at radius 1 is 0.667 bits per heavy atom. The third-order valence-corrected chi connectivity index (χ3v) is 11.0. The fraction of sp³-hybridized carbons (Fsp3) is 0.349. The van der Waals surface area contributed by atoms with E-state index in [1.54, 1.807) is 32.9 Å². The molecule has 4 fully saturated rings. The molecule has 1 N–H and O–H groups in total. The summed E-state index contributed by atoms with van der Waals surface area (Å²) in [5.74, 6) is -2.80. The molecule has 5 aromatic rings. The van der Waals surface area contributed by atoms with Gasteiger partial charge in [-0.15, -0.1) is 10.2 Å². The van der Waals surface area contributed by atoms with Crippen molar-refractivity contribution in [2.45, 2.75) is 25.9 Å². The Kier molecular flexibility index (Phi) is 12.4. The molecule has 0 atom stereocenters. The molecule has 2 spiro atoms. The molecule has 7 heterocycles. The van der Waals surface area contributed by atoms with Gasteiger partial charge in [-0.25, -0.2) is 9.59 Å². The predicted octanol–water partition coefficient (Wildman–Crippen LogP) is 5.63. The van der Waals surface area contributed by atoms with E-state index < -0.39 is 37.0 Å². The first-order valence-corrected chi connectivity index (χ1v) is 19.9. The van der Waals surface area contributed by atoms with Gasteiger partial charge in [-0.05, 0) is 48.5 Å². The Balaban J connectivity index is 0.000000173. The first kappa shape index (κ1) is 42.9. The highest BCUT2D eigenvalue weighted by Gasteiger charge is 2.52. The zero-order valence-corrected chi connectivity index (χ0v) is 33.6. The summed E-state index contributed by atoms with van der Waals surface area (Å²) in [6.07, 6.45) is -3.23. The number of aromatic nitrogens is 4. The van der Waals surface area contributed by atoms with E-state index in [1.165, 1.54) is 18.5 Å². The van der Waals surface area contributed by atoms with Crippen molar-refractivity contribution < 1.29 is 50.6 Å². The second kappa shape index (κ2) is 18.3. The largest absolute Gasteiger partial charge is 0.415 e. The molecule has 16 nitrogen and oxygen atoms in total. The average molecular weight is 872 g/mol. The van der Waals surface area contributed by atoms with Crippen LogP contribution in [-0.4, -0.2) is 119 Å². The van der Waals surface area contributed by atoms with E-state index in [1.807, 2.05) is 70.9 Å². The van der Waals surface area contributed by atoms with Gasteiger partial charge >= 0.3 is 24.9 Å². The lowest BCUT2D eigenvalue weighted by molar-refractivity contribution is -0.174. The third-order valence-electron chi connectivity index (χ3n) is 11.0. The number of Topliss-reactive ketones (excluding diaryl/α,β-unsaturated/α-hetero) is 1. The maximum atomic E-state index is 13.2. The first-order valence-electron chi connectivity index (χ1n) is 19.9. The van der Waals surface area contributed by atoms with Crippen LogP contribution in [0.15, 0.2) is 102 Å². The van der Waals surface area contributed by atoms with Crippen LogP contribution in [0.1, 0.15) is 34.1 Å². The van der Waals surface area contributed by atoms with Gasteiger partial charge in [-0.1, -0.05) is 36.4 Å². The maximum Gasteiger partial charge on any atom is 0.324 e. The van der Waals surface area contributed by atoms with Crippen LogP contribution < -0.4 is 15.1 Å². The number of carbonyl (C=O) groups excluding carboxylic acids is 4. The van der Waals surface area contributed by atoms with Gasteiger partial charge in [0, 0.05) is 55.5 Å². The van der Waals surface area contributed by atoms with E-state index in [0.29, 0.717) is 69.6 Å². The number of ketones is 1. The number of pyridine rings is 2. The standard InChI is InChI=1S/C22H22F2N4O4.C21H19F2N5O3/c23-19(24)20(30)26-9-18(29)15-6-7-16(25-8-15)10-28(17-4-2-1-3-5-17)21(31)27-11-22(12-27)13-32-14-22;22-17(23)19-26-25-18(31-19)14-6-7-15(24-8-14)9-28(16-4-2-1-3-5-16)20(29)27-10-21(11-27)12-30-13-21/h1-8,19H,9-14H2,(H,26,30);1-8,17H,9-13H2. The van der Waals surface area contributed by atoms with Crippen LogP contribution in [0.2, 0.25) is 0 Å². The number of alkyl halides is 4. The number of para-hydroxylation sites is 2. The summed E-state index contributed by atoms with van der Waals surface area (Å²) in [5.41, 5.74) is 3.50. The molecule has 4 aliphatic heterocycles. The summed E-state index contributed by atoms with van der Waals surface area (Å²) in [6.45, 7) is 5.35. The van der Waals surface area contributed by atoms with E-state index in [9.17, 15) is 36.7 Å². The van der Waals surface area contributed by atoms with Gasteiger partial charge in [0.2, 0.25) is 5.89 Å². The van der Waals surface area contributed by atoms with Crippen molar-refractivity contribution in [1.29, 1.82) is 0 Å². The fourth-order valence-electron chi connectivity index (χ4n) is 7.48. The molecule has 20 heteroatoms. The lowest BCUT2D eigenvalue weighted by atomic mass is 9.78. The number of hydrogen-bond acceptors (Lipinski definition) is 11. The Labute approximate surface area is 357 Å². The van der Waals surface area contributed by atoms with Crippen molar-refractivity contribution in [3.8, 4) is 11.5 Å². The number of rotatable bonds is 12. The van der Waals surface area contributed by atoms with Gasteiger partial charge in [0.15, 0.2) is 5.78 Å². The number of benzene rings is 2. The second-order valence-corrected chi connectivity index (χ2v) is 15.9. The summed E-state index contributed by atoms with van der Waals surface area (Å²) in [6, 6.07) is 24.8. The summed E-state index contributed by atoms with van der Waals surface area (Å²) < 4.78 is 65.3. The third kappa shape index (κ3) is 9.66. The molecule has 0 radical (unpaired) electrons. The maximum absolute atomic E-state index is 13.2. The van der Waals surface area contributed by atoms with E-state index >= 15 is 0 Å². The average Bonchev–Trinajstić information content (AvgIpc) is 3.74. The molecule has 2 aromatic carbocycles. The van der Waals surface area contributed by atoms with Crippen LogP contribution in [0, 0.1) is 10.8 Å². The van der Waals surface area contributed by atoms with Crippen molar-refractivity contribution in [2.24, 2.45) is 10.8 Å². The number of urea groups is 2. The zero-order valence-electron chi connectivity index (χ0n) is 33.6. The fourth-order valence-corrected chi connectivity index (χ4v) is 7.48. The Morgan fingerprint density at radius 3 is 1.57 bits per heavy atom. The number of anilines is 2. The summed E-state index contributed by atoms with van der Waals surface area (Å²) in [7, 11) is 0. The zero-order chi connectivity index (χ0) is 44.1. The predicted molar refractivity (Wildman–Crippen MR) is 216 cm³/mol. The van der Waals surface area contributed by atoms with Gasteiger partial charge in [0.25, 0.3) is 11.8 Å². The number of carbonyl (C=O) groups is 4. The molecule has 0 unspecified atom stereocenters. The Morgan fingerprint density at radius 2 is 1.17 bits per heavy atom. The monoisotopic (exact) mass is 871 g/mol. The van der Waals surface area contributed by atoms with Gasteiger partial charge < -0.3 is 29.0 Å². The molecule has 5 amide bonds. The number of nitrogens with zero attached hydrogens (tertiary/aromatic N) is 8. The van der Waals surface area contributed by atoms with Crippen LogP contribution in [0.3, 0.4) is 0 Å². The minimum absolute atomic E-state index is 0.0288. The summed E-state index contributed by atoms with van der Waals surface area (Å²) in [5, 5.41) is 8.82. The molecule has 4 saturated heterocycles. The lowest BCUT2D eigenvalue weighted by Gasteiger charge is -2.55. The van der Waals surface area contributed by atoms with Crippen molar-refractivity contribution in [2.75, 3.05) is 69.0 Å². The number of ether oxygens (including phenoxy) is 2. The quantitative estimate of drug-likeness (QED) is 0.121. The second-order valence-electron chi connectivity index (χ2n) is 15.9. The van der Waals surface area contributed by atoms with Crippen molar-refractivity contribution >= 4 is 35.1 Å². The minimum Gasteiger partial charge on any atom is -0.415 e. The van der Waals surface area contributed by atoms with Gasteiger partial charge in [-0.3, -0.25) is 29.4 Å². The Bertz CT molecular complexity index is 2390. The SMILES string of the molecule is O=C(CNC(=O)C(F)F)c1ccc(CN(C(=O)N2CC3(COC3)C2)c2ccccc2)nc1.O=C(N1CC2(COC2)C1)N(Cc1ccc(-c2nnc(C(F)F)o2)cn1)c1ccccc1. The van der Waals surface area contributed by atoms with E-state index in [4.69, 9.17) is 13.9 Å². The number of nitrogens with one attached hydrogen (secondary N) is 1. The lowest BCUT2D eigenvalue weighted by Crippen LogP contribution is -2.68. The van der Waals surface area contributed by atoms with E-state index in [0.717, 1.165) is 11.4 Å². The first-order chi connectivity index (χ1) is 30.4. The van der Waals surface area contributed by atoms with Gasteiger partial charge in [0.05, 0.1) is 73.8 Å². The number of hydrogen-bond donors (Lipinski definition) is 1. The van der Waals surface area contributed by atoms with Crippen LogP contribution in [0.25, 0.3) is 11.5 Å². The number of amides is 5. The topological polar surface area (TPSA) is 176 Å². The van der Waals surface area contributed by atoms with E-state index in [2.05, 4.69) is 20.2 Å². The molecule has 63 heavy (non-hydrogen) atoms. The smallest absolute Gasteiger partial charge is 0.324 e. The van der Waals surface area contributed by atoms with Crippen molar-refractivity contribution in [3.05, 3.63) is 120 Å². The van der Waals surface area contributed by atoms with E-state index in [-0.39, 0.29) is 47.4 Å². The van der Waals surface area contributed by atoms with Crippen LogP contribution in [-0.2, 0) is 27.4 Å². The molecule has 0 bridgehead atoms. The number of halogens is 4. The van der Waals surface area contributed by atoms with Crippen LogP contribution in [0.4, 0.5) is 38.5 Å². The molecule has 4 aliphatic rings. The molecule has 3 aromatic heterocycles. The highest BCUT2D eigenvalue weighted by molar-refractivity contribution is 5.99. The molecule has 0 saturated carbocycles. The van der Waals surface area contributed by atoms with Gasteiger partial charge in [-0.2, -0.15) is 17.6 Å². The molecule has 9 rings (SSSR count). The highest BCUT2D eigenvalue weighted by Crippen LogP contribution is 2.40. The molecule has 328 valence electrons. The van der Waals surface area contributed by atoms with Crippen LogP contribution >= 0.6 is 0 Å². The Hall–Kier alpha value is -6.80. The highest BCUT2D eigenvalue weighted by atomic mass is 19.3. The van der Waals surface area contributed by atoms with Crippen molar-refractivity contribution in [1.82, 2.24) is 35.3 Å². The molecule has 0 aliphatic carbocycles. The number of likely N-dealkylation sites (tertiary alicyclic amines) is 2. The summed E-state index contributed by atoms with van der Waals surface area (Å²) >= 11 is 0. The minimum atomic E-state index is -3.18. The van der Waals surface area contributed by atoms with Gasteiger partial charge in [0.1, 0.15) is 0 Å². The van der Waals surface area contributed by atoms with Crippen LogP contribution in [0.5, 0.6) is 0 Å². The molecular weight excluding hydrogens is 831 g/mol. The molecular formula is C43H41F4N9O7. The van der Waals surface area contributed by atoms with Crippen molar-refractivity contribution in [3.63, 3.8) is 0 Å².